The van der Waals surface area contributed by atoms with Crippen molar-refractivity contribution in [3.05, 3.63) is 11.6 Å². The van der Waals surface area contributed by atoms with Gasteiger partial charge in [0.1, 0.15) is 72.9 Å². The first-order chi connectivity index (χ1) is 29.7. The number of carbonyl (C=O) groups excluding carboxylic acids is 2. The van der Waals surface area contributed by atoms with Gasteiger partial charge in [0.05, 0.1) is 24.9 Å². The molecule has 1 unspecified atom stereocenters. The minimum Gasteiger partial charge on any atom is -0.394 e. The van der Waals surface area contributed by atoms with E-state index in [1.807, 2.05) is 13.8 Å². The first kappa shape index (κ1) is 47.9. The molecular formula is C45H70O18. The maximum absolute atomic E-state index is 13.9. The summed E-state index contributed by atoms with van der Waals surface area (Å²) >= 11 is 0. The van der Waals surface area contributed by atoms with E-state index in [1.165, 1.54) is 19.4 Å². The van der Waals surface area contributed by atoms with Gasteiger partial charge in [0.25, 0.3) is 0 Å². The lowest BCUT2D eigenvalue weighted by molar-refractivity contribution is -0.388. The third-order valence-corrected chi connectivity index (χ3v) is 16.9. The van der Waals surface area contributed by atoms with Gasteiger partial charge in [0.15, 0.2) is 30.9 Å². The second-order valence-corrected chi connectivity index (χ2v) is 20.7. The maximum Gasteiger partial charge on any atom is 0.187 e. The second-order valence-electron chi connectivity index (χ2n) is 20.7. The highest BCUT2D eigenvalue weighted by Crippen LogP contribution is 2.66. The highest BCUT2D eigenvalue weighted by molar-refractivity contribution is 5.94. The molecule has 0 bridgehead atoms. The third-order valence-electron chi connectivity index (χ3n) is 16.9. The summed E-state index contributed by atoms with van der Waals surface area (Å²) in [7, 11) is 0. The average molecular weight is 899 g/mol. The Balaban J connectivity index is 0.988. The zero-order valence-electron chi connectivity index (χ0n) is 37.0. The van der Waals surface area contributed by atoms with Crippen molar-refractivity contribution in [3.63, 3.8) is 0 Å². The van der Waals surface area contributed by atoms with Crippen molar-refractivity contribution in [2.24, 2.45) is 46.3 Å². The van der Waals surface area contributed by atoms with Gasteiger partial charge < -0.3 is 79.1 Å². The average Bonchev–Trinajstić information content (AvgIpc) is 3.74. The minimum atomic E-state index is -1.75. The minimum absolute atomic E-state index is 0.104. The Morgan fingerprint density at radius 1 is 0.746 bits per heavy atom. The molecule has 4 aliphatic heterocycles. The van der Waals surface area contributed by atoms with Crippen LogP contribution in [-0.2, 0) is 42.7 Å². The molecule has 7 fully saturated rings. The molecular weight excluding hydrogens is 828 g/mol. The Labute approximate surface area is 367 Å². The Kier molecular flexibility index (Phi) is 13.8. The molecule has 8 rings (SSSR count). The predicted molar refractivity (Wildman–Crippen MR) is 215 cm³/mol. The van der Waals surface area contributed by atoms with Crippen LogP contribution in [0.4, 0.5) is 0 Å². The zero-order chi connectivity index (χ0) is 45.6. The molecule has 0 amide bonds. The van der Waals surface area contributed by atoms with Crippen LogP contribution in [0.15, 0.2) is 11.6 Å². The van der Waals surface area contributed by atoms with Crippen LogP contribution < -0.4 is 0 Å². The summed E-state index contributed by atoms with van der Waals surface area (Å²) in [4.78, 5) is 27.7. The first-order valence-corrected chi connectivity index (χ1v) is 23.1. The van der Waals surface area contributed by atoms with E-state index in [9.17, 15) is 55.5 Å². The van der Waals surface area contributed by atoms with E-state index in [2.05, 4.69) is 19.9 Å². The van der Waals surface area contributed by atoms with Crippen LogP contribution in [0.25, 0.3) is 0 Å². The molecule has 358 valence electrons. The topological polar surface area (TPSA) is 281 Å². The normalized spacial score (nSPS) is 54.2. The van der Waals surface area contributed by atoms with Crippen LogP contribution in [0.5, 0.6) is 0 Å². The van der Waals surface area contributed by atoms with E-state index in [0.717, 1.165) is 25.7 Å². The SMILES string of the molecule is C[C@@H]1C[C@@H](C(=O)[C@@H](C)[C@H]2C(=O)C[C@H]3[C@@H]4CC=C5C[C@@H](O[C@@H]6O[C@H](CO)[C@@H](O[C@@H]7O[C@@H](C)[C@H](O)[C@@H](O)[C@H]7O)[C@H](O)[C@H]6O[C@@H]6O[C@@H](C)[C@H](O)[C@@H](O)[C@H]6O)CC[C@]5(C)[C@H]4CC[C@]23C)OC1O. The van der Waals surface area contributed by atoms with E-state index < -0.39 is 129 Å². The number of ketones is 2. The molecule has 4 heterocycles. The quantitative estimate of drug-likeness (QED) is 0.126. The fourth-order valence-electron chi connectivity index (χ4n) is 13.1. The summed E-state index contributed by atoms with van der Waals surface area (Å²) < 4.78 is 42.0. The number of aliphatic hydroxyl groups is 9. The van der Waals surface area contributed by atoms with Gasteiger partial charge >= 0.3 is 0 Å². The fraction of sp³-hybridized carbons (Fsp3) is 0.911. The largest absolute Gasteiger partial charge is 0.394 e. The molecule has 0 radical (unpaired) electrons. The summed E-state index contributed by atoms with van der Waals surface area (Å²) in [5.74, 6) is -0.412. The lowest BCUT2D eigenvalue weighted by Gasteiger charge is -2.58. The van der Waals surface area contributed by atoms with E-state index in [1.54, 1.807) is 0 Å². The molecule has 63 heavy (non-hydrogen) atoms. The monoisotopic (exact) mass is 898 g/mol. The number of carbonyl (C=O) groups is 2. The van der Waals surface area contributed by atoms with Crippen LogP contribution in [-0.4, -0.2) is 175 Å². The van der Waals surface area contributed by atoms with Crippen LogP contribution in [0.2, 0.25) is 0 Å². The molecule has 18 heteroatoms. The van der Waals surface area contributed by atoms with E-state index in [4.69, 9.17) is 33.2 Å². The van der Waals surface area contributed by atoms with Gasteiger partial charge in [-0.3, -0.25) is 9.59 Å². The first-order valence-electron chi connectivity index (χ1n) is 23.1. The summed E-state index contributed by atoms with van der Waals surface area (Å²) in [6, 6.07) is 0. The van der Waals surface area contributed by atoms with E-state index in [0.29, 0.717) is 25.7 Å². The molecule has 0 spiro atoms. The molecule has 3 saturated carbocycles. The van der Waals surface area contributed by atoms with Crippen molar-refractivity contribution >= 4 is 11.6 Å². The number of fused-ring (bicyclic) bond motifs is 5. The number of rotatable bonds is 10. The number of Topliss-reactive ketones (excluding diaryl/α,β-unsaturated/α-hetero) is 2. The van der Waals surface area contributed by atoms with Gasteiger partial charge in [-0.25, -0.2) is 0 Å². The zero-order valence-corrected chi connectivity index (χ0v) is 37.0. The Hall–Kier alpha value is -1.56. The molecule has 18 nitrogen and oxygen atoms in total. The van der Waals surface area contributed by atoms with Crippen molar-refractivity contribution in [2.75, 3.05) is 6.61 Å². The van der Waals surface area contributed by atoms with Crippen LogP contribution in [0.1, 0.15) is 92.9 Å². The molecule has 4 aliphatic carbocycles. The van der Waals surface area contributed by atoms with Crippen molar-refractivity contribution < 1.29 is 88.7 Å². The molecule has 8 aliphatic rings. The summed E-state index contributed by atoms with van der Waals surface area (Å²) in [6.45, 7) is 10.4. The standard InChI is InChI=1S/C45H70O18/c1-17-13-27(60-40(17)56)30(48)18(2)29-26(47)15-25-23-8-7-21-14-22(9-11-44(21,5)24(23)10-12-45(25,29)6)59-43-39(63-42-36(54)34(52)32(50)20(4)58-42)37(55)38(28(16-46)61-43)62-41-35(53)33(51)31(49)19(3)57-41/h7,17-20,22-25,27-29,31-43,46,49-56H,8-16H2,1-6H3/t17-,18+,19+,20+,22+,23-,24+,25+,27+,28-,29+,31+,32+,33-,34-,35-,36-,37+,38-,39-,40?,41+,42+,43-,44+,45+/m1/s1. The number of hydrogen-bond donors (Lipinski definition) is 9. The Bertz CT molecular complexity index is 1690. The maximum atomic E-state index is 13.9. The van der Waals surface area contributed by atoms with Gasteiger partial charge in [0.2, 0.25) is 0 Å². The van der Waals surface area contributed by atoms with Gasteiger partial charge in [-0.15, -0.1) is 0 Å². The van der Waals surface area contributed by atoms with Gasteiger partial charge in [-0.05, 0) is 87.4 Å². The van der Waals surface area contributed by atoms with Crippen molar-refractivity contribution in [1.29, 1.82) is 0 Å². The van der Waals surface area contributed by atoms with Gasteiger partial charge in [-0.2, -0.15) is 0 Å². The van der Waals surface area contributed by atoms with Gasteiger partial charge in [0, 0.05) is 24.2 Å². The van der Waals surface area contributed by atoms with Crippen LogP contribution >= 0.6 is 0 Å². The summed E-state index contributed by atoms with van der Waals surface area (Å²) in [5, 5.41) is 95.9. The predicted octanol–water partition coefficient (Wildman–Crippen LogP) is -0.418. The van der Waals surface area contributed by atoms with Crippen molar-refractivity contribution in [2.45, 2.75) is 204 Å². The lowest BCUT2D eigenvalue weighted by atomic mass is 9.47. The third kappa shape index (κ3) is 8.33. The Morgan fingerprint density at radius 2 is 1.37 bits per heavy atom. The molecule has 4 saturated heterocycles. The van der Waals surface area contributed by atoms with Gasteiger partial charge in [-0.1, -0.05) is 39.3 Å². The van der Waals surface area contributed by atoms with Crippen LogP contribution in [0, 0.1) is 46.3 Å². The number of ether oxygens (including phenoxy) is 7. The smallest absolute Gasteiger partial charge is 0.187 e. The molecule has 0 aromatic rings. The lowest BCUT2D eigenvalue weighted by Crippen LogP contribution is -2.66. The number of aliphatic hydroxyl groups excluding tert-OH is 9. The van der Waals surface area contributed by atoms with Crippen molar-refractivity contribution in [1.82, 2.24) is 0 Å². The van der Waals surface area contributed by atoms with Crippen molar-refractivity contribution in [3.8, 4) is 0 Å². The summed E-state index contributed by atoms with van der Waals surface area (Å²) in [5.41, 5.74) is 0.664. The highest BCUT2D eigenvalue weighted by Gasteiger charge is 2.63. The molecule has 9 N–H and O–H groups in total. The van der Waals surface area contributed by atoms with E-state index in [-0.39, 0.29) is 46.1 Å². The molecule has 0 aromatic heterocycles. The molecule has 26 atom stereocenters. The fourth-order valence-corrected chi connectivity index (χ4v) is 13.1. The Morgan fingerprint density at radius 3 is 1.95 bits per heavy atom. The number of hydrogen-bond acceptors (Lipinski definition) is 18. The highest BCUT2D eigenvalue weighted by atomic mass is 16.8. The second kappa shape index (κ2) is 18.2. The number of allylic oxidation sites excluding steroid dienone is 1. The summed E-state index contributed by atoms with van der Waals surface area (Å²) in [6.07, 6.45) is -16.8. The molecule has 0 aromatic carbocycles. The van der Waals surface area contributed by atoms with Crippen LogP contribution in [0.3, 0.4) is 0 Å². The van der Waals surface area contributed by atoms with E-state index >= 15 is 0 Å².